The van der Waals surface area contributed by atoms with Crippen LogP contribution in [0.25, 0.3) is 0 Å². The van der Waals surface area contributed by atoms with Gasteiger partial charge in [-0.3, -0.25) is 0 Å². The van der Waals surface area contributed by atoms with E-state index in [2.05, 4.69) is 22.6 Å². The fraction of sp³-hybridized carbons (Fsp3) is 0.444. The lowest BCUT2D eigenvalue weighted by Crippen LogP contribution is -2.38. The fourth-order valence-corrected chi connectivity index (χ4v) is 3.22. The van der Waals surface area contributed by atoms with Crippen LogP contribution in [0, 0.1) is 10.8 Å². The molecule has 1 aliphatic carbocycles. The molecule has 0 aromatic carbocycles. The molecule has 3 atom stereocenters. The molecule has 0 spiro atoms. The predicted octanol–water partition coefficient (Wildman–Crippen LogP) is 1.69. The highest BCUT2D eigenvalue weighted by molar-refractivity contribution is 8.00. The molecule has 1 fully saturated rings. The summed E-state index contributed by atoms with van der Waals surface area (Å²) in [5.74, 6) is 1.14. The zero-order valence-corrected chi connectivity index (χ0v) is 8.24. The Labute approximate surface area is 85.8 Å². The number of hydrogen-bond acceptors (Lipinski definition) is 3. The highest BCUT2D eigenvalue weighted by Gasteiger charge is 2.35. The van der Waals surface area contributed by atoms with Gasteiger partial charge in [-0.15, -0.1) is 4.91 Å². The monoisotopic (exact) mass is 210 g/mol. The van der Waals surface area contributed by atoms with E-state index in [0.29, 0.717) is 11.2 Å². The fourth-order valence-electron chi connectivity index (χ4n) is 1.78. The van der Waals surface area contributed by atoms with Crippen LogP contribution in [0.5, 0.6) is 0 Å². The average molecular weight is 210 g/mol. The SMILES string of the molecule is O=NC(=O)NC1CSC2C=CC=CC12. The maximum atomic E-state index is 10.8. The number of thioether (sulfide) groups is 1. The highest BCUT2D eigenvalue weighted by atomic mass is 32.2. The standard InChI is InChI=1S/C9H10N2O2S/c12-9(11-13)10-7-5-14-8-4-2-1-3-6(7)8/h1-4,6-8H,5H2,(H,10,12). The molecule has 14 heavy (non-hydrogen) atoms. The zero-order valence-electron chi connectivity index (χ0n) is 7.42. The Morgan fingerprint density at radius 1 is 1.43 bits per heavy atom. The second kappa shape index (κ2) is 3.96. The topological polar surface area (TPSA) is 58.5 Å². The Morgan fingerprint density at radius 3 is 3.00 bits per heavy atom. The average Bonchev–Trinajstić information content (AvgIpc) is 2.62. The van der Waals surface area contributed by atoms with Crippen LogP contribution >= 0.6 is 11.8 Å². The molecule has 0 saturated carbocycles. The van der Waals surface area contributed by atoms with E-state index in [9.17, 15) is 9.70 Å². The van der Waals surface area contributed by atoms with Gasteiger partial charge in [0.15, 0.2) is 0 Å². The summed E-state index contributed by atoms with van der Waals surface area (Å²) < 4.78 is 0. The van der Waals surface area contributed by atoms with Crippen LogP contribution in [0.4, 0.5) is 4.79 Å². The molecule has 0 radical (unpaired) electrons. The first-order valence-electron chi connectivity index (χ1n) is 4.41. The Balaban J connectivity index is 2.02. The predicted molar refractivity (Wildman–Crippen MR) is 56.1 cm³/mol. The van der Waals surface area contributed by atoms with Gasteiger partial charge in [0.2, 0.25) is 0 Å². The van der Waals surface area contributed by atoms with Gasteiger partial charge in [0, 0.05) is 28.1 Å². The minimum absolute atomic E-state index is 0.0383. The summed E-state index contributed by atoms with van der Waals surface area (Å²) in [4.78, 5) is 20.8. The zero-order chi connectivity index (χ0) is 9.97. The summed E-state index contributed by atoms with van der Waals surface area (Å²) in [7, 11) is 0. The van der Waals surface area contributed by atoms with E-state index in [-0.39, 0.29) is 6.04 Å². The quantitative estimate of drug-likeness (QED) is 0.670. The number of rotatable bonds is 1. The normalized spacial score (nSPS) is 33.9. The Morgan fingerprint density at radius 2 is 2.21 bits per heavy atom. The Kier molecular flexibility index (Phi) is 2.67. The number of allylic oxidation sites excluding steroid dienone is 2. The number of fused-ring (bicyclic) bond motifs is 1. The summed E-state index contributed by atoms with van der Waals surface area (Å²) in [6.07, 6.45) is 8.17. The number of carbonyl (C=O) groups is 1. The van der Waals surface area contributed by atoms with Crippen LogP contribution in [0.15, 0.2) is 29.5 Å². The second-order valence-corrected chi connectivity index (χ2v) is 4.50. The van der Waals surface area contributed by atoms with E-state index in [0.717, 1.165) is 5.75 Å². The molecule has 0 aromatic heterocycles. The van der Waals surface area contributed by atoms with Gasteiger partial charge in [0.25, 0.3) is 0 Å². The highest BCUT2D eigenvalue weighted by Crippen LogP contribution is 2.36. The molecular formula is C9H10N2O2S. The number of nitroso groups, excluding NO2 is 1. The smallest absolute Gasteiger partial charge is 0.330 e. The van der Waals surface area contributed by atoms with Crippen molar-refractivity contribution >= 4 is 17.8 Å². The third-order valence-corrected chi connectivity index (χ3v) is 3.86. The van der Waals surface area contributed by atoms with Crippen molar-refractivity contribution in [2.24, 2.45) is 11.1 Å². The number of nitrogens with zero attached hydrogens (tertiary/aromatic N) is 1. The number of amides is 2. The molecule has 0 bridgehead atoms. The van der Waals surface area contributed by atoms with Gasteiger partial charge < -0.3 is 5.32 Å². The van der Waals surface area contributed by atoms with Crippen molar-refractivity contribution < 1.29 is 4.79 Å². The number of nitrogens with one attached hydrogen (secondary N) is 1. The third kappa shape index (κ3) is 1.72. The van der Waals surface area contributed by atoms with Crippen LogP contribution in [0.1, 0.15) is 0 Å². The first-order valence-corrected chi connectivity index (χ1v) is 5.46. The van der Waals surface area contributed by atoms with E-state index >= 15 is 0 Å². The van der Waals surface area contributed by atoms with Crippen molar-refractivity contribution in [2.75, 3.05) is 5.75 Å². The molecule has 4 nitrogen and oxygen atoms in total. The number of hydrogen-bond donors (Lipinski definition) is 1. The van der Waals surface area contributed by atoms with Crippen molar-refractivity contribution in [2.45, 2.75) is 11.3 Å². The molecule has 2 amide bonds. The molecule has 1 saturated heterocycles. The lowest BCUT2D eigenvalue weighted by molar-refractivity contribution is 0.244. The molecule has 74 valence electrons. The van der Waals surface area contributed by atoms with Crippen LogP contribution in [-0.4, -0.2) is 23.1 Å². The maximum absolute atomic E-state index is 10.8. The summed E-state index contributed by atoms with van der Waals surface area (Å²) in [6, 6.07) is -0.726. The number of urea groups is 1. The maximum Gasteiger partial charge on any atom is 0.378 e. The van der Waals surface area contributed by atoms with E-state index in [1.54, 1.807) is 11.8 Å². The third-order valence-electron chi connectivity index (χ3n) is 2.45. The molecular weight excluding hydrogens is 200 g/mol. The molecule has 5 heteroatoms. The van der Waals surface area contributed by atoms with Crippen molar-refractivity contribution in [3.63, 3.8) is 0 Å². The van der Waals surface area contributed by atoms with Gasteiger partial charge in [-0.2, -0.15) is 11.8 Å². The molecule has 0 aromatic rings. The lowest BCUT2D eigenvalue weighted by Gasteiger charge is -2.20. The molecule has 2 aliphatic rings. The summed E-state index contributed by atoms with van der Waals surface area (Å²) in [5, 5.41) is 5.37. The van der Waals surface area contributed by atoms with Gasteiger partial charge in [0.05, 0.1) is 0 Å². The van der Waals surface area contributed by atoms with Crippen molar-refractivity contribution in [1.82, 2.24) is 5.32 Å². The van der Waals surface area contributed by atoms with E-state index in [1.807, 2.05) is 12.2 Å². The molecule has 1 aliphatic heterocycles. The van der Waals surface area contributed by atoms with Crippen molar-refractivity contribution in [3.8, 4) is 0 Å². The van der Waals surface area contributed by atoms with Crippen LogP contribution in [-0.2, 0) is 0 Å². The van der Waals surface area contributed by atoms with Gasteiger partial charge in [-0.1, -0.05) is 24.3 Å². The van der Waals surface area contributed by atoms with E-state index in [1.165, 1.54) is 0 Å². The van der Waals surface area contributed by atoms with Gasteiger partial charge in [-0.05, 0) is 0 Å². The number of carbonyl (C=O) groups excluding carboxylic acids is 1. The Hall–Kier alpha value is -1.10. The van der Waals surface area contributed by atoms with Gasteiger partial charge in [0.1, 0.15) is 0 Å². The minimum Gasteiger partial charge on any atom is -0.330 e. The Bertz CT molecular complexity index is 314. The molecule has 1 N–H and O–H groups in total. The van der Waals surface area contributed by atoms with Gasteiger partial charge >= 0.3 is 6.03 Å². The summed E-state index contributed by atoms with van der Waals surface area (Å²) in [6.45, 7) is 0. The van der Waals surface area contributed by atoms with Gasteiger partial charge in [-0.25, -0.2) is 4.79 Å². The van der Waals surface area contributed by atoms with Crippen LogP contribution < -0.4 is 5.32 Å². The second-order valence-electron chi connectivity index (χ2n) is 3.29. The molecule has 2 rings (SSSR count). The summed E-state index contributed by atoms with van der Waals surface area (Å²) >= 11 is 1.79. The minimum atomic E-state index is -0.765. The van der Waals surface area contributed by atoms with E-state index < -0.39 is 6.03 Å². The summed E-state index contributed by atoms with van der Waals surface area (Å²) in [5.41, 5.74) is 0. The van der Waals surface area contributed by atoms with Crippen LogP contribution in [0.3, 0.4) is 0 Å². The van der Waals surface area contributed by atoms with Crippen LogP contribution in [0.2, 0.25) is 0 Å². The lowest BCUT2D eigenvalue weighted by atomic mass is 9.94. The first kappa shape index (κ1) is 9.45. The van der Waals surface area contributed by atoms with Crippen molar-refractivity contribution in [1.29, 1.82) is 0 Å². The largest absolute Gasteiger partial charge is 0.378 e. The van der Waals surface area contributed by atoms with Crippen molar-refractivity contribution in [3.05, 3.63) is 29.2 Å². The van der Waals surface area contributed by atoms with E-state index in [4.69, 9.17) is 0 Å². The first-order chi connectivity index (χ1) is 6.81. The molecule has 3 unspecified atom stereocenters. The molecule has 1 heterocycles.